The monoisotopic (exact) mass is 534 g/mol. The topological polar surface area (TPSA) is 75.7 Å². The van der Waals surface area contributed by atoms with Gasteiger partial charge in [-0.15, -0.1) is 0 Å². The fraction of sp³-hybridized carbons (Fsp3) is 0.269. The number of carbonyl (C=O) groups excluding carboxylic acids is 1. The van der Waals surface area contributed by atoms with E-state index in [-0.39, 0.29) is 11.4 Å². The Balaban J connectivity index is 1.98. The number of amides is 1. The Morgan fingerprint density at radius 2 is 1.63 bits per heavy atom. The van der Waals surface area contributed by atoms with Crippen LogP contribution in [0.1, 0.15) is 29.2 Å². The van der Waals surface area contributed by atoms with Gasteiger partial charge in [-0.3, -0.25) is 4.79 Å². The molecule has 0 aliphatic rings. The largest absolute Gasteiger partial charge is 0.492 e. The normalized spacial score (nSPS) is 11.5. The number of halogens is 2. The number of para-hydroxylation sites is 2. The van der Waals surface area contributed by atoms with Crippen molar-refractivity contribution in [2.75, 3.05) is 18.5 Å². The Hall–Kier alpha value is -2.58. The minimum Gasteiger partial charge on any atom is -0.492 e. The van der Waals surface area contributed by atoms with Crippen LogP contribution in [0.5, 0.6) is 5.75 Å². The number of hydrogen-bond donors (Lipinski definition) is 1. The van der Waals surface area contributed by atoms with Crippen LogP contribution in [0.15, 0.2) is 59.5 Å². The number of sulfonamides is 1. The molecule has 3 rings (SSSR count). The SMILES string of the molecule is CCOc1ccccc1NC(=O)CN(Cc1ccc(Cl)c(Cl)c1)S(=O)(=O)c1c(C)cc(C)cc1C. The number of hydrogen-bond acceptors (Lipinski definition) is 4. The Kier molecular flexibility index (Phi) is 8.83. The van der Waals surface area contributed by atoms with Gasteiger partial charge in [0.05, 0.1) is 33.8 Å². The van der Waals surface area contributed by atoms with Crippen LogP contribution in [0.4, 0.5) is 5.69 Å². The van der Waals surface area contributed by atoms with Gasteiger partial charge in [0.1, 0.15) is 5.75 Å². The highest BCUT2D eigenvalue weighted by Crippen LogP contribution is 2.29. The summed E-state index contributed by atoms with van der Waals surface area (Å²) in [5.41, 5.74) is 3.26. The number of ether oxygens (including phenoxy) is 1. The van der Waals surface area contributed by atoms with Gasteiger partial charge in [-0.2, -0.15) is 4.31 Å². The Morgan fingerprint density at radius 3 is 2.26 bits per heavy atom. The van der Waals surface area contributed by atoms with Crippen LogP contribution in [-0.4, -0.2) is 31.8 Å². The van der Waals surface area contributed by atoms with Crippen molar-refractivity contribution in [3.8, 4) is 5.75 Å². The zero-order valence-electron chi connectivity index (χ0n) is 20.1. The molecule has 0 unspecified atom stereocenters. The molecule has 186 valence electrons. The van der Waals surface area contributed by atoms with E-state index in [1.807, 2.05) is 26.0 Å². The van der Waals surface area contributed by atoms with Gasteiger partial charge in [-0.05, 0) is 68.7 Å². The van der Waals surface area contributed by atoms with Crippen LogP contribution in [0, 0.1) is 20.8 Å². The number of nitrogens with zero attached hydrogens (tertiary/aromatic N) is 1. The van der Waals surface area contributed by atoms with Gasteiger partial charge < -0.3 is 10.1 Å². The minimum absolute atomic E-state index is 0.0630. The third kappa shape index (κ3) is 6.55. The molecule has 1 amide bonds. The minimum atomic E-state index is -4.04. The molecule has 0 aliphatic carbocycles. The van der Waals surface area contributed by atoms with Gasteiger partial charge in [0.15, 0.2) is 0 Å². The molecule has 3 aromatic rings. The van der Waals surface area contributed by atoms with Gasteiger partial charge in [0, 0.05) is 6.54 Å². The maximum Gasteiger partial charge on any atom is 0.244 e. The Morgan fingerprint density at radius 1 is 0.971 bits per heavy atom. The van der Waals surface area contributed by atoms with Gasteiger partial charge in [0.2, 0.25) is 15.9 Å². The molecule has 0 fully saturated rings. The molecule has 3 aromatic carbocycles. The van der Waals surface area contributed by atoms with Crippen molar-refractivity contribution < 1.29 is 17.9 Å². The quantitative estimate of drug-likeness (QED) is 0.357. The van der Waals surface area contributed by atoms with Crippen molar-refractivity contribution >= 4 is 44.8 Å². The number of aryl methyl sites for hydroxylation is 3. The lowest BCUT2D eigenvalue weighted by molar-refractivity contribution is -0.116. The van der Waals surface area contributed by atoms with Crippen LogP contribution in [0.25, 0.3) is 0 Å². The highest BCUT2D eigenvalue weighted by atomic mass is 35.5. The van der Waals surface area contributed by atoms with E-state index in [9.17, 15) is 13.2 Å². The Labute approximate surface area is 216 Å². The first-order chi connectivity index (χ1) is 16.5. The number of anilines is 1. The van der Waals surface area contributed by atoms with E-state index in [2.05, 4.69) is 5.32 Å². The lowest BCUT2D eigenvalue weighted by atomic mass is 10.1. The maximum absolute atomic E-state index is 13.9. The molecule has 0 aromatic heterocycles. The van der Waals surface area contributed by atoms with Crippen molar-refractivity contribution in [3.63, 3.8) is 0 Å². The smallest absolute Gasteiger partial charge is 0.244 e. The molecule has 0 heterocycles. The summed E-state index contributed by atoms with van der Waals surface area (Å²) >= 11 is 12.2. The number of benzene rings is 3. The maximum atomic E-state index is 13.9. The van der Waals surface area contributed by atoms with E-state index < -0.39 is 22.5 Å². The fourth-order valence-electron chi connectivity index (χ4n) is 3.97. The van der Waals surface area contributed by atoms with Crippen molar-refractivity contribution in [2.45, 2.75) is 39.1 Å². The molecule has 0 bridgehead atoms. The number of nitrogens with one attached hydrogen (secondary N) is 1. The molecular weight excluding hydrogens is 507 g/mol. The lowest BCUT2D eigenvalue weighted by Gasteiger charge is -2.24. The summed E-state index contributed by atoms with van der Waals surface area (Å²) in [4.78, 5) is 13.3. The standard InChI is InChI=1S/C26H28Cl2N2O4S/c1-5-34-24-9-7-6-8-23(24)29-25(31)16-30(15-20-10-11-21(27)22(28)14-20)35(32,33)26-18(3)12-17(2)13-19(26)4/h6-14H,5,15-16H2,1-4H3,(H,29,31). The average Bonchev–Trinajstić information content (AvgIpc) is 2.76. The lowest BCUT2D eigenvalue weighted by Crippen LogP contribution is -2.38. The summed E-state index contributed by atoms with van der Waals surface area (Å²) in [6.07, 6.45) is 0. The summed E-state index contributed by atoms with van der Waals surface area (Å²) in [6.45, 7) is 7.22. The first-order valence-corrected chi connectivity index (χ1v) is 13.3. The average molecular weight is 535 g/mol. The summed E-state index contributed by atoms with van der Waals surface area (Å²) in [5.74, 6) is 0.00988. The van der Waals surface area contributed by atoms with Crippen LogP contribution in [0.2, 0.25) is 10.0 Å². The van der Waals surface area contributed by atoms with Gasteiger partial charge in [0.25, 0.3) is 0 Å². The first-order valence-electron chi connectivity index (χ1n) is 11.1. The van der Waals surface area contributed by atoms with Gasteiger partial charge >= 0.3 is 0 Å². The molecule has 35 heavy (non-hydrogen) atoms. The summed E-state index contributed by atoms with van der Waals surface area (Å²) < 4.78 is 34.4. The zero-order valence-corrected chi connectivity index (χ0v) is 22.4. The van der Waals surface area contributed by atoms with E-state index in [4.69, 9.17) is 27.9 Å². The highest BCUT2D eigenvalue weighted by Gasteiger charge is 2.30. The van der Waals surface area contributed by atoms with E-state index >= 15 is 0 Å². The molecule has 0 radical (unpaired) electrons. The Bertz CT molecular complexity index is 1320. The van der Waals surface area contributed by atoms with E-state index in [0.29, 0.717) is 44.8 Å². The second-order valence-corrected chi connectivity index (χ2v) is 10.9. The van der Waals surface area contributed by atoms with E-state index in [1.54, 1.807) is 56.3 Å². The molecule has 1 N–H and O–H groups in total. The zero-order chi connectivity index (χ0) is 25.8. The van der Waals surface area contributed by atoms with Crippen LogP contribution >= 0.6 is 23.2 Å². The first kappa shape index (κ1) is 27.0. The van der Waals surface area contributed by atoms with Crippen molar-refractivity contribution in [3.05, 3.63) is 86.9 Å². The third-order valence-corrected chi connectivity index (χ3v) is 8.16. The number of carbonyl (C=O) groups is 1. The molecular formula is C26H28Cl2N2O4S. The fourth-order valence-corrected chi connectivity index (χ4v) is 6.09. The molecule has 0 aliphatic heterocycles. The second kappa shape index (κ2) is 11.4. The third-order valence-electron chi connectivity index (χ3n) is 5.33. The summed E-state index contributed by atoms with van der Waals surface area (Å²) in [6, 6.07) is 15.5. The molecule has 0 saturated heterocycles. The molecule has 0 spiro atoms. The second-order valence-electron chi connectivity index (χ2n) is 8.23. The van der Waals surface area contributed by atoms with Gasteiger partial charge in [-0.25, -0.2) is 8.42 Å². The summed E-state index contributed by atoms with van der Waals surface area (Å²) in [5, 5.41) is 3.44. The van der Waals surface area contributed by atoms with Crippen molar-refractivity contribution in [1.82, 2.24) is 4.31 Å². The highest BCUT2D eigenvalue weighted by molar-refractivity contribution is 7.89. The molecule has 0 saturated carbocycles. The molecule has 9 heteroatoms. The molecule has 0 atom stereocenters. The predicted molar refractivity (Wildman–Crippen MR) is 141 cm³/mol. The number of rotatable bonds is 9. The summed E-state index contributed by atoms with van der Waals surface area (Å²) in [7, 11) is -4.04. The van der Waals surface area contributed by atoms with Crippen molar-refractivity contribution in [2.24, 2.45) is 0 Å². The van der Waals surface area contributed by atoms with Gasteiger partial charge in [-0.1, -0.05) is 59.1 Å². The van der Waals surface area contributed by atoms with Crippen LogP contribution in [-0.2, 0) is 21.4 Å². The van der Waals surface area contributed by atoms with E-state index in [0.717, 1.165) is 9.87 Å². The van der Waals surface area contributed by atoms with Crippen LogP contribution in [0.3, 0.4) is 0 Å². The van der Waals surface area contributed by atoms with Crippen molar-refractivity contribution in [1.29, 1.82) is 0 Å². The predicted octanol–water partition coefficient (Wildman–Crippen LogP) is 6.15. The van der Waals surface area contributed by atoms with Crippen LogP contribution < -0.4 is 10.1 Å². The van der Waals surface area contributed by atoms with E-state index in [1.165, 1.54) is 0 Å². The molecule has 6 nitrogen and oxygen atoms in total.